The first kappa shape index (κ1) is 13.1. The lowest BCUT2D eigenvalue weighted by molar-refractivity contribution is -0.224. The Bertz CT molecular complexity index is 161. The lowest BCUT2D eigenvalue weighted by Crippen LogP contribution is -1.98. The summed E-state index contributed by atoms with van der Waals surface area (Å²) >= 11 is 0. The zero-order valence-electron chi connectivity index (χ0n) is 8.06. The molecule has 0 heterocycles. The van der Waals surface area contributed by atoms with Crippen LogP contribution in [-0.2, 0) is 18.7 Å². The van der Waals surface area contributed by atoms with Crippen molar-refractivity contribution in [2.24, 2.45) is 0 Å². The van der Waals surface area contributed by atoms with Gasteiger partial charge in [0, 0.05) is 0 Å². The fourth-order valence-corrected chi connectivity index (χ4v) is 1.28. The van der Waals surface area contributed by atoms with Crippen molar-refractivity contribution in [3.8, 4) is 0 Å². The summed E-state index contributed by atoms with van der Waals surface area (Å²) in [6.07, 6.45) is 2.88. The average molecular weight is 212 g/mol. The van der Waals surface area contributed by atoms with Gasteiger partial charge in [-0.15, -0.1) is 4.67 Å². The summed E-state index contributed by atoms with van der Waals surface area (Å²) in [6, 6.07) is 0. The maximum absolute atomic E-state index is 10.8. The van der Waals surface area contributed by atoms with Crippen LogP contribution in [0.5, 0.6) is 0 Å². The Morgan fingerprint density at radius 2 is 2.00 bits per heavy atom. The number of rotatable bonds is 8. The van der Waals surface area contributed by atoms with E-state index in [0.29, 0.717) is 6.61 Å². The van der Waals surface area contributed by atoms with E-state index in [1.165, 1.54) is 0 Å². The van der Waals surface area contributed by atoms with Crippen molar-refractivity contribution >= 4 is 7.82 Å². The van der Waals surface area contributed by atoms with E-state index in [4.69, 9.17) is 4.89 Å². The van der Waals surface area contributed by atoms with Gasteiger partial charge >= 0.3 is 7.82 Å². The molecule has 0 aliphatic carbocycles. The lowest BCUT2D eigenvalue weighted by atomic mass is 10.3. The standard InChI is InChI=1S/C7H17O5P/c1-3-5-6-7-10-12-13(8,9)11-4-2/h3-7H2,1-2H3,(H,8,9). The first-order chi connectivity index (χ1) is 6.12. The lowest BCUT2D eigenvalue weighted by Gasteiger charge is -2.08. The molecule has 5 nitrogen and oxygen atoms in total. The smallest absolute Gasteiger partial charge is 0.301 e. The van der Waals surface area contributed by atoms with Crippen molar-refractivity contribution in [1.29, 1.82) is 0 Å². The quantitative estimate of drug-likeness (QED) is 0.289. The van der Waals surface area contributed by atoms with Gasteiger partial charge in [0.1, 0.15) is 0 Å². The van der Waals surface area contributed by atoms with Crippen molar-refractivity contribution < 1.29 is 23.5 Å². The second kappa shape index (κ2) is 7.47. The predicted molar refractivity (Wildman–Crippen MR) is 48.0 cm³/mol. The normalized spacial score (nSPS) is 15.6. The third-order valence-electron chi connectivity index (χ3n) is 1.27. The zero-order chi connectivity index (χ0) is 10.2. The monoisotopic (exact) mass is 212 g/mol. The van der Waals surface area contributed by atoms with Crippen LogP contribution in [0.1, 0.15) is 33.1 Å². The molecule has 0 rings (SSSR count). The molecule has 0 aromatic rings. The Hall–Kier alpha value is 0.0700. The molecule has 0 saturated heterocycles. The molecule has 1 unspecified atom stereocenters. The van der Waals surface area contributed by atoms with Crippen molar-refractivity contribution in [2.45, 2.75) is 33.1 Å². The molecule has 0 aliphatic rings. The largest absolute Gasteiger partial charge is 0.499 e. The van der Waals surface area contributed by atoms with Gasteiger partial charge in [0.2, 0.25) is 0 Å². The summed E-state index contributed by atoms with van der Waals surface area (Å²) < 4.78 is 19.4. The molecule has 0 amide bonds. The molecule has 0 spiro atoms. The third-order valence-corrected chi connectivity index (χ3v) is 2.15. The van der Waals surface area contributed by atoms with Crippen LogP contribution in [0.25, 0.3) is 0 Å². The predicted octanol–water partition coefficient (Wildman–Crippen LogP) is 2.26. The summed E-state index contributed by atoms with van der Waals surface area (Å²) in [5, 5.41) is 0. The van der Waals surface area contributed by atoms with Gasteiger partial charge in [-0.2, -0.15) is 0 Å². The Balaban J connectivity index is 3.35. The van der Waals surface area contributed by atoms with Crippen molar-refractivity contribution in [1.82, 2.24) is 0 Å². The highest BCUT2D eigenvalue weighted by molar-refractivity contribution is 7.47. The van der Waals surface area contributed by atoms with E-state index in [2.05, 4.69) is 21.0 Å². The van der Waals surface area contributed by atoms with Crippen LogP contribution in [0.4, 0.5) is 0 Å². The van der Waals surface area contributed by atoms with E-state index < -0.39 is 7.82 Å². The van der Waals surface area contributed by atoms with Crippen LogP contribution >= 0.6 is 7.82 Å². The van der Waals surface area contributed by atoms with E-state index in [9.17, 15) is 4.57 Å². The first-order valence-corrected chi connectivity index (χ1v) is 5.90. The SMILES string of the molecule is CCCCCOOP(=O)(O)OCC. The molecule has 0 aromatic carbocycles. The molecule has 0 aliphatic heterocycles. The van der Waals surface area contributed by atoms with E-state index in [1.807, 2.05) is 0 Å². The molecule has 0 saturated carbocycles. The van der Waals surface area contributed by atoms with Gasteiger partial charge in [-0.1, -0.05) is 19.8 Å². The molecule has 0 aromatic heterocycles. The highest BCUT2D eigenvalue weighted by atomic mass is 31.2. The summed E-state index contributed by atoms with van der Waals surface area (Å²) in [5.74, 6) is 0. The number of hydrogen-bond donors (Lipinski definition) is 1. The molecule has 0 radical (unpaired) electrons. The van der Waals surface area contributed by atoms with E-state index in [-0.39, 0.29) is 6.61 Å². The van der Waals surface area contributed by atoms with E-state index >= 15 is 0 Å². The second-order valence-electron chi connectivity index (χ2n) is 2.49. The molecule has 1 atom stereocenters. The second-order valence-corrected chi connectivity index (χ2v) is 3.83. The van der Waals surface area contributed by atoms with Crippen LogP contribution in [0.3, 0.4) is 0 Å². The molecule has 6 heteroatoms. The van der Waals surface area contributed by atoms with Crippen LogP contribution in [-0.4, -0.2) is 18.1 Å². The van der Waals surface area contributed by atoms with Crippen LogP contribution in [0, 0.1) is 0 Å². The fourth-order valence-electron chi connectivity index (χ4n) is 0.700. The number of unbranched alkanes of at least 4 members (excludes halogenated alkanes) is 2. The van der Waals surface area contributed by atoms with Gasteiger partial charge in [-0.3, -0.25) is 4.52 Å². The third kappa shape index (κ3) is 8.40. The Morgan fingerprint density at radius 3 is 2.54 bits per heavy atom. The zero-order valence-corrected chi connectivity index (χ0v) is 8.96. The molecular weight excluding hydrogens is 195 g/mol. The van der Waals surface area contributed by atoms with Crippen molar-refractivity contribution in [3.63, 3.8) is 0 Å². The molecule has 0 fully saturated rings. The van der Waals surface area contributed by atoms with E-state index in [1.54, 1.807) is 6.92 Å². The van der Waals surface area contributed by atoms with Gasteiger partial charge in [0.25, 0.3) is 0 Å². The number of hydrogen-bond acceptors (Lipinski definition) is 4. The summed E-state index contributed by atoms with van der Waals surface area (Å²) in [7, 11) is -3.96. The van der Waals surface area contributed by atoms with Crippen LogP contribution < -0.4 is 0 Å². The van der Waals surface area contributed by atoms with Gasteiger partial charge in [-0.25, -0.2) is 9.45 Å². The maximum atomic E-state index is 10.8. The highest BCUT2D eigenvalue weighted by Gasteiger charge is 2.20. The number of phosphoric acid groups is 1. The fraction of sp³-hybridized carbons (Fsp3) is 1.00. The van der Waals surface area contributed by atoms with Gasteiger partial charge in [0.05, 0.1) is 13.2 Å². The summed E-state index contributed by atoms with van der Waals surface area (Å²) in [4.78, 5) is 13.4. The molecule has 80 valence electrons. The molecule has 0 bridgehead atoms. The van der Waals surface area contributed by atoms with Crippen LogP contribution in [0.2, 0.25) is 0 Å². The summed E-state index contributed by atoms with van der Waals surface area (Å²) in [6.45, 7) is 4.08. The van der Waals surface area contributed by atoms with Gasteiger partial charge < -0.3 is 4.89 Å². The molecule has 13 heavy (non-hydrogen) atoms. The summed E-state index contributed by atoms with van der Waals surface area (Å²) in [5.41, 5.74) is 0. The number of phosphoric ester groups is 1. The Kier molecular flexibility index (Phi) is 7.51. The maximum Gasteiger partial charge on any atom is 0.499 e. The minimum atomic E-state index is -3.96. The van der Waals surface area contributed by atoms with Gasteiger partial charge in [0.15, 0.2) is 0 Å². The topological polar surface area (TPSA) is 65.0 Å². The van der Waals surface area contributed by atoms with Crippen molar-refractivity contribution in [3.05, 3.63) is 0 Å². The Labute approximate surface area is 78.5 Å². The minimum Gasteiger partial charge on any atom is -0.301 e. The van der Waals surface area contributed by atoms with E-state index in [0.717, 1.165) is 19.3 Å². The van der Waals surface area contributed by atoms with Crippen LogP contribution in [0.15, 0.2) is 0 Å². The highest BCUT2D eigenvalue weighted by Crippen LogP contribution is 2.43. The minimum absolute atomic E-state index is 0.117. The average Bonchev–Trinajstić information content (AvgIpc) is 2.04. The molecule has 1 N–H and O–H groups in total. The molecular formula is C7H17O5P. The van der Waals surface area contributed by atoms with Gasteiger partial charge in [-0.05, 0) is 13.3 Å². The van der Waals surface area contributed by atoms with Crippen molar-refractivity contribution in [2.75, 3.05) is 13.2 Å². The Morgan fingerprint density at radius 1 is 1.31 bits per heavy atom. The first-order valence-electron chi connectivity index (χ1n) is 4.41.